The molecule has 20 heavy (non-hydrogen) atoms. The summed E-state index contributed by atoms with van der Waals surface area (Å²) in [6.45, 7) is 6.60. The maximum Gasteiger partial charge on any atom is 0.339 e. The molecule has 0 spiro atoms. The van der Waals surface area contributed by atoms with Crippen LogP contribution in [0.4, 0.5) is 0 Å². The number of hydrogen-bond donors (Lipinski definition) is 1. The molecule has 2 rings (SSSR count). The van der Waals surface area contributed by atoms with Gasteiger partial charge in [-0.05, 0) is 36.2 Å². The van der Waals surface area contributed by atoms with Crippen LogP contribution in [0, 0.1) is 11.3 Å². The van der Waals surface area contributed by atoms with Gasteiger partial charge < -0.3 is 9.84 Å². The molecule has 0 aliphatic heterocycles. The van der Waals surface area contributed by atoms with Crippen molar-refractivity contribution in [3.05, 3.63) is 35.9 Å². The van der Waals surface area contributed by atoms with E-state index in [-0.39, 0.29) is 11.5 Å². The second-order valence-electron chi connectivity index (χ2n) is 6.79. The summed E-state index contributed by atoms with van der Waals surface area (Å²) >= 11 is 0. The number of rotatable bonds is 3. The zero-order chi connectivity index (χ0) is 14.8. The Morgan fingerprint density at radius 1 is 1.30 bits per heavy atom. The first-order valence-electron chi connectivity index (χ1n) is 7.31. The van der Waals surface area contributed by atoms with Gasteiger partial charge in [-0.15, -0.1) is 0 Å². The number of hydrogen-bond acceptors (Lipinski definition) is 3. The molecule has 110 valence electrons. The first-order chi connectivity index (χ1) is 9.37. The fraction of sp³-hybridized carbons (Fsp3) is 0.588. The lowest BCUT2D eigenvalue weighted by Gasteiger charge is -2.38. The molecule has 0 saturated heterocycles. The van der Waals surface area contributed by atoms with E-state index >= 15 is 0 Å². The van der Waals surface area contributed by atoms with E-state index in [0.29, 0.717) is 11.5 Å². The van der Waals surface area contributed by atoms with Gasteiger partial charge >= 0.3 is 5.97 Å². The van der Waals surface area contributed by atoms with Crippen molar-refractivity contribution in [2.45, 2.75) is 52.2 Å². The Morgan fingerprint density at radius 2 is 1.95 bits per heavy atom. The second kappa shape index (κ2) is 5.96. The zero-order valence-corrected chi connectivity index (χ0v) is 12.5. The molecule has 1 aliphatic carbocycles. The number of aliphatic hydroxyl groups is 1. The Hall–Kier alpha value is -1.35. The zero-order valence-electron chi connectivity index (χ0n) is 12.5. The quantitative estimate of drug-likeness (QED) is 0.860. The minimum Gasteiger partial charge on any atom is -0.460 e. The van der Waals surface area contributed by atoms with Crippen molar-refractivity contribution in [2.24, 2.45) is 11.3 Å². The van der Waals surface area contributed by atoms with E-state index in [1.165, 1.54) is 0 Å². The number of ether oxygens (including phenoxy) is 1. The van der Waals surface area contributed by atoms with Crippen LogP contribution in [0.15, 0.2) is 30.3 Å². The topological polar surface area (TPSA) is 46.5 Å². The number of carbonyl (C=O) groups is 1. The summed E-state index contributed by atoms with van der Waals surface area (Å²) in [7, 11) is 0. The second-order valence-corrected chi connectivity index (χ2v) is 6.79. The molecule has 1 fully saturated rings. The highest BCUT2D eigenvalue weighted by atomic mass is 16.6. The van der Waals surface area contributed by atoms with Crippen molar-refractivity contribution < 1.29 is 14.6 Å². The molecule has 1 aliphatic rings. The summed E-state index contributed by atoms with van der Waals surface area (Å²) in [6, 6.07) is 8.93. The van der Waals surface area contributed by atoms with Crippen LogP contribution in [0.2, 0.25) is 0 Å². The van der Waals surface area contributed by atoms with Crippen LogP contribution in [-0.2, 0) is 9.53 Å². The number of aliphatic hydroxyl groups excluding tert-OH is 1. The first kappa shape index (κ1) is 15.0. The molecule has 0 unspecified atom stereocenters. The van der Waals surface area contributed by atoms with E-state index in [9.17, 15) is 9.90 Å². The van der Waals surface area contributed by atoms with E-state index < -0.39 is 12.1 Å². The predicted octanol–water partition coefficient (Wildman–Crippen LogP) is 3.48. The van der Waals surface area contributed by atoms with E-state index in [2.05, 4.69) is 20.8 Å². The highest BCUT2D eigenvalue weighted by Crippen LogP contribution is 2.40. The lowest BCUT2D eigenvalue weighted by molar-refractivity contribution is -0.163. The van der Waals surface area contributed by atoms with Crippen LogP contribution in [0.5, 0.6) is 0 Å². The van der Waals surface area contributed by atoms with Gasteiger partial charge in [-0.25, -0.2) is 4.79 Å². The van der Waals surface area contributed by atoms with Crippen LogP contribution in [0.25, 0.3) is 0 Å². The molecular formula is C17H24O3. The van der Waals surface area contributed by atoms with Gasteiger partial charge in [0.1, 0.15) is 6.10 Å². The molecule has 0 amide bonds. The summed E-state index contributed by atoms with van der Waals surface area (Å²) in [6.07, 6.45) is 1.64. The molecular weight excluding hydrogens is 252 g/mol. The Balaban J connectivity index is 1.97. The van der Waals surface area contributed by atoms with E-state index in [0.717, 1.165) is 19.3 Å². The fourth-order valence-electron chi connectivity index (χ4n) is 3.35. The number of carbonyl (C=O) groups excluding carboxylic acids is 1. The van der Waals surface area contributed by atoms with Gasteiger partial charge in [0.2, 0.25) is 0 Å². The van der Waals surface area contributed by atoms with Crippen molar-refractivity contribution >= 4 is 5.97 Å². The standard InChI is InChI=1S/C17H24O3/c1-12-9-14(11-17(2,3)10-12)20-16(19)15(18)13-7-5-4-6-8-13/h4-8,12,14-15,18H,9-11H2,1-3H3/t12-,14-,15-/m0/s1. The van der Waals surface area contributed by atoms with E-state index in [4.69, 9.17) is 4.74 Å². The Morgan fingerprint density at radius 3 is 2.55 bits per heavy atom. The van der Waals surface area contributed by atoms with E-state index in [1.807, 2.05) is 6.07 Å². The minimum atomic E-state index is -1.18. The van der Waals surface area contributed by atoms with Gasteiger partial charge in [-0.3, -0.25) is 0 Å². The number of benzene rings is 1. The lowest BCUT2D eigenvalue weighted by atomic mass is 9.71. The summed E-state index contributed by atoms with van der Waals surface area (Å²) < 4.78 is 5.52. The first-order valence-corrected chi connectivity index (χ1v) is 7.31. The normalized spacial score (nSPS) is 26.8. The average molecular weight is 276 g/mol. The molecule has 1 aromatic carbocycles. The molecule has 0 bridgehead atoms. The minimum absolute atomic E-state index is 0.0837. The molecule has 3 heteroatoms. The molecule has 1 N–H and O–H groups in total. The molecule has 1 saturated carbocycles. The van der Waals surface area contributed by atoms with Crippen molar-refractivity contribution in [1.29, 1.82) is 0 Å². The summed E-state index contributed by atoms with van der Waals surface area (Å²) in [5.41, 5.74) is 0.779. The van der Waals surface area contributed by atoms with Crippen LogP contribution in [-0.4, -0.2) is 17.2 Å². The molecule has 1 aromatic rings. The third kappa shape index (κ3) is 3.83. The Kier molecular flexibility index (Phi) is 4.48. The lowest BCUT2D eigenvalue weighted by Crippen LogP contribution is -2.35. The van der Waals surface area contributed by atoms with Gasteiger partial charge in [-0.1, -0.05) is 51.1 Å². The molecule has 0 heterocycles. The smallest absolute Gasteiger partial charge is 0.339 e. The Bertz CT molecular complexity index is 453. The van der Waals surface area contributed by atoms with Crippen LogP contribution < -0.4 is 0 Å². The van der Waals surface area contributed by atoms with Crippen molar-refractivity contribution in [1.82, 2.24) is 0 Å². The molecule has 0 radical (unpaired) electrons. The van der Waals surface area contributed by atoms with Gasteiger partial charge in [0.25, 0.3) is 0 Å². The average Bonchev–Trinajstić information content (AvgIpc) is 2.36. The van der Waals surface area contributed by atoms with Gasteiger partial charge in [0.15, 0.2) is 6.10 Å². The maximum atomic E-state index is 12.1. The van der Waals surface area contributed by atoms with Crippen LogP contribution in [0.1, 0.15) is 51.7 Å². The van der Waals surface area contributed by atoms with Crippen LogP contribution >= 0.6 is 0 Å². The van der Waals surface area contributed by atoms with Crippen LogP contribution in [0.3, 0.4) is 0 Å². The fourth-order valence-corrected chi connectivity index (χ4v) is 3.35. The van der Waals surface area contributed by atoms with Crippen molar-refractivity contribution in [3.63, 3.8) is 0 Å². The summed E-state index contributed by atoms with van der Waals surface area (Å²) in [4.78, 5) is 12.1. The number of esters is 1. The molecule has 3 atom stereocenters. The van der Waals surface area contributed by atoms with Crippen molar-refractivity contribution in [3.8, 4) is 0 Å². The molecule has 3 nitrogen and oxygen atoms in total. The van der Waals surface area contributed by atoms with Gasteiger partial charge in [-0.2, -0.15) is 0 Å². The largest absolute Gasteiger partial charge is 0.460 e. The summed E-state index contributed by atoms with van der Waals surface area (Å²) in [5.74, 6) is 0.0107. The monoisotopic (exact) mass is 276 g/mol. The third-order valence-corrected chi connectivity index (χ3v) is 3.97. The molecule has 0 aromatic heterocycles. The van der Waals surface area contributed by atoms with Gasteiger partial charge in [0.05, 0.1) is 0 Å². The third-order valence-electron chi connectivity index (χ3n) is 3.97. The highest BCUT2D eigenvalue weighted by molar-refractivity contribution is 5.76. The van der Waals surface area contributed by atoms with Crippen molar-refractivity contribution in [2.75, 3.05) is 0 Å². The SMILES string of the molecule is C[C@H]1C[C@H](OC(=O)[C@@H](O)c2ccccc2)CC(C)(C)C1. The highest BCUT2D eigenvalue weighted by Gasteiger charge is 2.35. The summed E-state index contributed by atoms with van der Waals surface area (Å²) in [5, 5.41) is 10.0. The van der Waals surface area contributed by atoms with Gasteiger partial charge in [0, 0.05) is 0 Å². The Labute approximate surface area is 121 Å². The maximum absolute atomic E-state index is 12.1. The predicted molar refractivity (Wildman–Crippen MR) is 78.1 cm³/mol. The van der Waals surface area contributed by atoms with E-state index in [1.54, 1.807) is 24.3 Å².